The van der Waals surface area contributed by atoms with Crippen LogP contribution in [0.2, 0.25) is 0 Å². The van der Waals surface area contributed by atoms with Crippen LogP contribution in [0.3, 0.4) is 0 Å². The topological polar surface area (TPSA) is 96.9 Å². The van der Waals surface area contributed by atoms with Gasteiger partial charge in [0.25, 0.3) is 0 Å². The SMILES string of the molecule is CC(=O)Nc1cc(-c2cnc(C)c(NS(=O)c3ccc(C(F)(F)F)nc3)c2)ccn1. The number of carbonyl (C=O) groups excluding carboxylic acids is 1. The zero-order valence-corrected chi connectivity index (χ0v) is 16.6. The van der Waals surface area contributed by atoms with Crippen LogP contribution in [-0.2, 0) is 22.0 Å². The van der Waals surface area contributed by atoms with Crippen LogP contribution in [0.4, 0.5) is 24.7 Å². The molecule has 0 aliphatic carbocycles. The Morgan fingerprint density at radius 1 is 1.03 bits per heavy atom. The van der Waals surface area contributed by atoms with Gasteiger partial charge in [-0.15, -0.1) is 0 Å². The van der Waals surface area contributed by atoms with E-state index in [2.05, 4.69) is 25.0 Å². The standard InChI is InChI=1S/C19H16F3N5O2S/c1-11-16(27-30(29)15-3-4-17(25-10-15)19(20,21)22)7-14(9-24-11)13-5-6-23-18(8-13)26-12(2)28/h3-10,27H,1-2H3,(H,23,26,28). The molecule has 3 aromatic heterocycles. The first-order chi connectivity index (χ1) is 14.1. The molecule has 0 saturated heterocycles. The van der Waals surface area contributed by atoms with E-state index in [1.165, 1.54) is 13.1 Å². The summed E-state index contributed by atoms with van der Waals surface area (Å²) in [5, 5.41) is 2.59. The van der Waals surface area contributed by atoms with Gasteiger partial charge < -0.3 is 5.32 Å². The number of carbonyl (C=O) groups is 1. The van der Waals surface area contributed by atoms with E-state index in [0.29, 0.717) is 28.3 Å². The highest BCUT2D eigenvalue weighted by Crippen LogP contribution is 2.28. The molecular formula is C19H16F3N5O2S. The van der Waals surface area contributed by atoms with Gasteiger partial charge in [-0.2, -0.15) is 13.2 Å². The molecule has 30 heavy (non-hydrogen) atoms. The van der Waals surface area contributed by atoms with E-state index >= 15 is 0 Å². The minimum Gasteiger partial charge on any atom is -0.311 e. The summed E-state index contributed by atoms with van der Waals surface area (Å²) in [5.41, 5.74) is 1.30. The van der Waals surface area contributed by atoms with E-state index in [9.17, 15) is 22.2 Å². The number of amides is 1. The second-order valence-corrected chi connectivity index (χ2v) is 7.43. The lowest BCUT2D eigenvalue weighted by Crippen LogP contribution is -2.10. The summed E-state index contributed by atoms with van der Waals surface area (Å²) in [4.78, 5) is 22.9. The molecule has 156 valence electrons. The van der Waals surface area contributed by atoms with Crippen LogP contribution in [0.1, 0.15) is 18.3 Å². The van der Waals surface area contributed by atoms with Crippen molar-refractivity contribution in [3.05, 3.63) is 60.3 Å². The molecule has 0 aliphatic rings. The summed E-state index contributed by atoms with van der Waals surface area (Å²) in [6.07, 6.45) is -0.514. The number of nitrogens with zero attached hydrogens (tertiary/aromatic N) is 3. The maximum Gasteiger partial charge on any atom is 0.433 e. The highest BCUT2D eigenvalue weighted by molar-refractivity contribution is 7.86. The lowest BCUT2D eigenvalue weighted by Gasteiger charge is -2.12. The van der Waals surface area contributed by atoms with Crippen molar-refractivity contribution in [2.24, 2.45) is 0 Å². The predicted octanol–water partition coefficient (Wildman–Crippen LogP) is 3.96. The molecule has 0 fully saturated rings. The van der Waals surface area contributed by atoms with Crippen LogP contribution in [0.25, 0.3) is 11.1 Å². The van der Waals surface area contributed by atoms with Gasteiger partial charge in [-0.25, -0.2) is 9.19 Å². The molecule has 3 heterocycles. The highest BCUT2D eigenvalue weighted by atomic mass is 32.2. The van der Waals surface area contributed by atoms with Crippen LogP contribution in [0.15, 0.2) is 53.8 Å². The van der Waals surface area contributed by atoms with Gasteiger partial charge >= 0.3 is 6.18 Å². The average molecular weight is 435 g/mol. The van der Waals surface area contributed by atoms with Gasteiger partial charge in [0, 0.05) is 31.1 Å². The van der Waals surface area contributed by atoms with Gasteiger partial charge in [0.1, 0.15) is 11.5 Å². The number of aromatic nitrogens is 3. The van der Waals surface area contributed by atoms with Crippen molar-refractivity contribution >= 4 is 28.4 Å². The molecule has 3 rings (SSSR count). The van der Waals surface area contributed by atoms with Crippen LogP contribution in [0.5, 0.6) is 0 Å². The smallest absolute Gasteiger partial charge is 0.311 e. The number of hydrogen-bond acceptors (Lipinski definition) is 5. The van der Waals surface area contributed by atoms with Gasteiger partial charge in [-0.05, 0) is 42.8 Å². The maximum absolute atomic E-state index is 12.6. The summed E-state index contributed by atoms with van der Waals surface area (Å²) >= 11 is 0. The maximum atomic E-state index is 12.6. The Kier molecular flexibility index (Phi) is 6.11. The van der Waals surface area contributed by atoms with Crippen LogP contribution in [0, 0.1) is 6.92 Å². The minimum atomic E-state index is -4.57. The summed E-state index contributed by atoms with van der Waals surface area (Å²) in [5.74, 6) is 0.110. The second kappa shape index (κ2) is 8.57. The first-order valence-corrected chi connectivity index (χ1v) is 9.71. The fraction of sp³-hybridized carbons (Fsp3) is 0.158. The quantitative estimate of drug-likeness (QED) is 0.632. The third-order valence-corrected chi connectivity index (χ3v) is 5.00. The van der Waals surface area contributed by atoms with E-state index in [4.69, 9.17) is 0 Å². The summed E-state index contributed by atoms with van der Waals surface area (Å²) < 4.78 is 53.2. The Morgan fingerprint density at radius 3 is 2.43 bits per heavy atom. The number of anilines is 2. The van der Waals surface area contributed by atoms with Crippen LogP contribution in [-0.4, -0.2) is 25.1 Å². The average Bonchev–Trinajstić information content (AvgIpc) is 2.69. The number of rotatable bonds is 5. The molecular weight excluding hydrogens is 419 g/mol. The zero-order valence-electron chi connectivity index (χ0n) is 15.8. The Morgan fingerprint density at radius 2 is 1.80 bits per heavy atom. The Labute approximate surface area is 172 Å². The molecule has 1 unspecified atom stereocenters. The molecule has 0 aromatic carbocycles. The van der Waals surface area contributed by atoms with E-state index < -0.39 is 22.9 Å². The van der Waals surface area contributed by atoms with E-state index in [1.54, 1.807) is 31.3 Å². The molecule has 0 radical (unpaired) electrons. The fourth-order valence-corrected chi connectivity index (χ4v) is 3.33. The van der Waals surface area contributed by atoms with Crippen LogP contribution < -0.4 is 10.0 Å². The number of pyridine rings is 3. The number of halogens is 3. The molecule has 1 atom stereocenters. The first-order valence-electron chi connectivity index (χ1n) is 8.56. The lowest BCUT2D eigenvalue weighted by atomic mass is 10.1. The van der Waals surface area contributed by atoms with Gasteiger partial charge in [-0.1, -0.05) is 0 Å². The van der Waals surface area contributed by atoms with Crippen molar-refractivity contribution in [3.63, 3.8) is 0 Å². The molecule has 0 bridgehead atoms. The minimum absolute atomic E-state index is 0.0876. The molecule has 0 aliphatic heterocycles. The molecule has 3 aromatic rings. The van der Waals surface area contributed by atoms with Crippen molar-refractivity contribution < 1.29 is 22.2 Å². The fourth-order valence-electron chi connectivity index (χ4n) is 2.47. The number of alkyl halides is 3. The largest absolute Gasteiger partial charge is 0.433 e. The second-order valence-electron chi connectivity index (χ2n) is 6.22. The monoisotopic (exact) mass is 435 g/mol. The first kappa shape index (κ1) is 21.4. The van der Waals surface area contributed by atoms with Crippen molar-refractivity contribution in [3.8, 4) is 11.1 Å². The van der Waals surface area contributed by atoms with Crippen LogP contribution >= 0.6 is 0 Å². The number of hydrogen-bond donors (Lipinski definition) is 2. The van der Waals surface area contributed by atoms with Crippen molar-refractivity contribution in [2.45, 2.75) is 24.9 Å². The Hall–Kier alpha value is -3.34. The van der Waals surface area contributed by atoms with Gasteiger partial charge in [0.05, 0.1) is 16.3 Å². The lowest BCUT2D eigenvalue weighted by molar-refractivity contribution is -0.141. The third kappa shape index (κ3) is 5.17. The molecule has 11 heteroatoms. The number of nitrogens with one attached hydrogen (secondary N) is 2. The number of aryl methyl sites for hydroxylation is 1. The Bertz CT molecular complexity index is 1100. The summed E-state index contributed by atoms with van der Waals surface area (Å²) in [7, 11) is -1.85. The normalized spacial score (nSPS) is 12.3. The zero-order chi connectivity index (χ0) is 21.9. The summed E-state index contributed by atoms with van der Waals surface area (Å²) in [6, 6.07) is 6.96. The van der Waals surface area contributed by atoms with Crippen molar-refractivity contribution in [2.75, 3.05) is 10.0 Å². The predicted molar refractivity (Wildman–Crippen MR) is 106 cm³/mol. The molecule has 0 spiro atoms. The van der Waals surface area contributed by atoms with E-state index in [0.717, 1.165) is 18.3 Å². The Balaban J connectivity index is 1.84. The third-order valence-electron chi connectivity index (χ3n) is 3.93. The molecule has 2 N–H and O–H groups in total. The van der Waals surface area contributed by atoms with E-state index in [-0.39, 0.29) is 10.8 Å². The van der Waals surface area contributed by atoms with Gasteiger partial charge in [0.2, 0.25) is 5.91 Å². The van der Waals surface area contributed by atoms with Gasteiger partial charge in [-0.3, -0.25) is 19.5 Å². The van der Waals surface area contributed by atoms with Crippen molar-refractivity contribution in [1.82, 2.24) is 15.0 Å². The summed E-state index contributed by atoms with van der Waals surface area (Å²) in [6.45, 7) is 3.07. The highest BCUT2D eigenvalue weighted by Gasteiger charge is 2.32. The molecule has 0 saturated carbocycles. The molecule has 1 amide bonds. The van der Waals surface area contributed by atoms with E-state index in [1.807, 2.05) is 0 Å². The van der Waals surface area contributed by atoms with Crippen molar-refractivity contribution in [1.29, 1.82) is 0 Å². The van der Waals surface area contributed by atoms with Gasteiger partial charge in [0.15, 0.2) is 11.0 Å². The molecule has 7 nitrogen and oxygen atoms in total.